The van der Waals surface area contributed by atoms with E-state index in [4.69, 9.17) is 0 Å². The zero-order valence-corrected chi connectivity index (χ0v) is 16.6. The predicted molar refractivity (Wildman–Crippen MR) is 108 cm³/mol. The van der Waals surface area contributed by atoms with Gasteiger partial charge in [0.2, 0.25) is 5.91 Å². The van der Waals surface area contributed by atoms with Crippen molar-refractivity contribution in [1.29, 1.82) is 0 Å². The molecule has 6 heteroatoms. The Bertz CT molecular complexity index is 939. The minimum Gasteiger partial charge on any atom is -0.335 e. The molecule has 2 aromatic heterocycles. The van der Waals surface area contributed by atoms with Gasteiger partial charge in [0, 0.05) is 16.8 Å². The molecule has 0 saturated carbocycles. The number of rotatable bonds is 4. The van der Waals surface area contributed by atoms with Gasteiger partial charge in [0.05, 0.1) is 11.8 Å². The maximum Gasteiger partial charge on any atom is 0.233 e. The number of nitrogens with zero attached hydrogens (tertiary/aromatic N) is 3. The molecule has 26 heavy (non-hydrogen) atoms. The molecule has 1 saturated heterocycles. The summed E-state index contributed by atoms with van der Waals surface area (Å²) in [5, 5.41) is 2.02. The fraction of sp³-hybridized carbons (Fsp3) is 0.350. The number of thioether (sulfide) groups is 1. The number of hydrogen-bond acceptors (Lipinski definition) is 5. The molecule has 1 amide bonds. The van der Waals surface area contributed by atoms with Crippen molar-refractivity contribution >= 4 is 39.2 Å². The second-order valence-electron chi connectivity index (χ2n) is 6.59. The molecule has 0 spiro atoms. The van der Waals surface area contributed by atoms with Crippen LogP contribution in [0.5, 0.6) is 0 Å². The third-order valence-corrected chi connectivity index (χ3v) is 7.11. The number of likely N-dealkylation sites (tertiary alicyclic amines) is 1. The molecule has 1 aliphatic rings. The number of thiophene rings is 1. The molecule has 1 unspecified atom stereocenters. The van der Waals surface area contributed by atoms with E-state index in [1.807, 2.05) is 23.1 Å². The van der Waals surface area contributed by atoms with E-state index in [-0.39, 0.29) is 11.9 Å². The van der Waals surface area contributed by atoms with Crippen molar-refractivity contribution in [2.24, 2.45) is 0 Å². The third kappa shape index (κ3) is 3.23. The number of carbonyl (C=O) groups excluding carboxylic acids is 1. The van der Waals surface area contributed by atoms with E-state index in [2.05, 4.69) is 35.9 Å². The molecular formula is C20H21N3OS2. The summed E-state index contributed by atoms with van der Waals surface area (Å²) in [6.07, 6.45) is 3.71. The van der Waals surface area contributed by atoms with Crippen molar-refractivity contribution in [3.05, 3.63) is 52.7 Å². The van der Waals surface area contributed by atoms with Gasteiger partial charge in [0.25, 0.3) is 0 Å². The molecule has 0 bridgehead atoms. The van der Waals surface area contributed by atoms with Gasteiger partial charge in [0.15, 0.2) is 0 Å². The van der Waals surface area contributed by atoms with Gasteiger partial charge in [-0.15, -0.1) is 11.3 Å². The highest BCUT2D eigenvalue weighted by Gasteiger charge is 2.29. The van der Waals surface area contributed by atoms with E-state index < -0.39 is 0 Å². The Kier molecular flexibility index (Phi) is 4.96. The molecule has 1 aliphatic heterocycles. The molecule has 4 rings (SSSR count). The van der Waals surface area contributed by atoms with Crippen molar-refractivity contribution < 1.29 is 4.79 Å². The molecular weight excluding hydrogens is 362 g/mol. The van der Waals surface area contributed by atoms with Gasteiger partial charge in [0.1, 0.15) is 16.2 Å². The van der Waals surface area contributed by atoms with Gasteiger partial charge in [-0.25, -0.2) is 9.97 Å². The van der Waals surface area contributed by atoms with E-state index in [0.717, 1.165) is 34.6 Å². The highest BCUT2D eigenvalue weighted by Crippen LogP contribution is 2.36. The smallest absolute Gasteiger partial charge is 0.233 e. The van der Waals surface area contributed by atoms with Crippen LogP contribution in [0.4, 0.5) is 0 Å². The lowest BCUT2D eigenvalue weighted by molar-refractivity contribution is -0.129. The standard InChI is InChI=1S/C20H21N3OS2/c1-13-14(2)26-20-18(13)19(21-12-22-20)25-11-17(24)23-10-6-9-16(23)15-7-4-3-5-8-15/h3-5,7-8,12,16H,6,9-11H2,1-2H3. The largest absolute Gasteiger partial charge is 0.335 e. The van der Waals surface area contributed by atoms with E-state index in [9.17, 15) is 4.79 Å². The number of fused-ring (bicyclic) bond motifs is 1. The average molecular weight is 384 g/mol. The molecule has 0 aliphatic carbocycles. The monoisotopic (exact) mass is 383 g/mol. The lowest BCUT2D eigenvalue weighted by Gasteiger charge is -2.25. The highest BCUT2D eigenvalue weighted by atomic mass is 32.2. The van der Waals surface area contributed by atoms with E-state index in [1.54, 1.807) is 17.7 Å². The first-order chi connectivity index (χ1) is 12.6. The van der Waals surface area contributed by atoms with Gasteiger partial charge in [-0.2, -0.15) is 0 Å². The Labute approximate surface area is 161 Å². The van der Waals surface area contributed by atoms with Crippen molar-refractivity contribution in [2.45, 2.75) is 37.8 Å². The highest BCUT2D eigenvalue weighted by molar-refractivity contribution is 8.00. The van der Waals surface area contributed by atoms with Gasteiger partial charge in [-0.05, 0) is 37.8 Å². The molecule has 1 fully saturated rings. The van der Waals surface area contributed by atoms with E-state index >= 15 is 0 Å². The van der Waals surface area contributed by atoms with Crippen LogP contribution in [0.2, 0.25) is 0 Å². The van der Waals surface area contributed by atoms with Crippen molar-refractivity contribution in [3.63, 3.8) is 0 Å². The SMILES string of the molecule is Cc1sc2ncnc(SCC(=O)N3CCCC3c3ccccc3)c2c1C. The summed E-state index contributed by atoms with van der Waals surface area (Å²) in [5.74, 6) is 0.613. The summed E-state index contributed by atoms with van der Waals surface area (Å²) >= 11 is 3.22. The third-order valence-electron chi connectivity index (χ3n) is 5.02. The summed E-state index contributed by atoms with van der Waals surface area (Å²) in [6.45, 7) is 5.06. The topological polar surface area (TPSA) is 46.1 Å². The number of hydrogen-bond donors (Lipinski definition) is 0. The van der Waals surface area contributed by atoms with Crippen molar-refractivity contribution in [1.82, 2.24) is 14.9 Å². The van der Waals surface area contributed by atoms with E-state index in [1.165, 1.54) is 27.8 Å². The average Bonchev–Trinajstić information content (AvgIpc) is 3.26. The van der Waals surface area contributed by atoms with Crippen molar-refractivity contribution in [2.75, 3.05) is 12.3 Å². The van der Waals surface area contributed by atoms with Gasteiger partial charge in [-0.1, -0.05) is 42.1 Å². The first kappa shape index (κ1) is 17.5. The van der Waals surface area contributed by atoms with Crippen LogP contribution in [-0.4, -0.2) is 33.1 Å². The number of amides is 1. The summed E-state index contributed by atoms with van der Waals surface area (Å²) < 4.78 is 0. The van der Waals surface area contributed by atoms with Gasteiger partial charge in [-0.3, -0.25) is 4.79 Å². The lowest BCUT2D eigenvalue weighted by atomic mass is 10.0. The maximum absolute atomic E-state index is 12.9. The fourth-order valence-corrected chi connectivity index (χ4v) is 5.56. The fourth-order valence-electron chi connectivity index (χ4n) is 3.56. The van der Waals surface area contributed by atoms with Gasteiger partial charge < -0.3 is 4.90 Å². The molecule has 3 aromatic rings. The Morgan fingerprint density at radius 1 is 1.27 bits per heavy atom. The van der Waals surface area contributed by atoms with Crippen LogP contribution in [0.25, 0.3) is 10.2 Å². The zero-order chi connectivity index (χ0) is 18.1. The van der Waals surface area contributed by atoms with Crippen molar-refractivity contribution in [3.8, 4) is 0 Å². The molecule has 0 radical (unpaired) electrons. The number of carbonyl (C=O) groups is 1. The quantitative estimate of drug-likeness (QED) is 0.481. The molecule has 1 aromatic carbocycles. The van der Waals surface area contributed by atoms with Crippen LogP contribution in [0.1, 0.15) is 34.9 Å². The molecule has 0 N–H and O–H groups in total. The summed E-state index contributed by atoms with van der Waals surface area (Å²) in [6, 6.07) is 10.6. The Morgan fingerprint density at radius 3 is 2.88 bits per heavy atom. The zero-order valence-electron chi connectivity index (χ0n) is 14.9. The minimum atomic E-state index is 0.192. The second kappa shape index (κ2) is 7.37. The first-order valence-electron chi connectivity index (χ1n) is 8.83. The van der Waals surface area contributed by atoms with Crippen LogP contribution in [0.15, 0.2) is 41.7 Å². The number of benzene rings is 1. The summed E-state index contributed by atoms with van der Waals surface area (Å²) in [7, 11) is 0. The van der Waals surface area contributed by atoms with E-state index in [0.29, 0.717) is 5.75 Å². The van der Waals surface area contributed by atoms with Crippen LogP contribution in [-0.2, 0) is 4.79 Å². The van der Waals surface area contributed by atoms with Gasteiger partial charge >= 0.3 is 0 Å². The first-order valence-corrected chi connectivity index (χ1v) is 10.6. The second-order valence-corrected chi connectivity index (χ2v) is 8.75. The van der Waals surface area contributed by atoms with Crippen LogP contribution in [0, 0.1) is 13.8 Å². The normalized spacial score (nSPS) is 17.2. The molecule has 4 nitrogen and oxygen atoms in total. The Balaban J connectivity index is 1.51. The number of aromatic nitrogens is 2. The van der Waals surface area contributed by atoms with Crippen LogP contribution in [0.3, 0.4) is 0 Å². The molecule has 134 valence electrons. The molecule has 1 atom stereocenters. The maximum atomic E-state index is 12.9. The Hall–Kier alpha value is -1.92. The van der Waals surface area contributed by atoms with Crippen LogP contribution < -0.4 is 0 Å². The summed E-state index contributed by atoms with van der Waals surface area (Å²) in [5.41, 5.74) is 2.46. The summed E-state index contributed by atoms with van der Waals surface area (Å²) in [4.78, 5) is 26.0. The lowest BCUT2D eigenvalue weighted by Crippen LogP contribution is -2.31. The Morgan fingerprint density at radius 2 is 2.08 bits per heavy atom. The number of aryl methyl sites for hydroxylation is 2. The minimum absolute atomic E-state index is 0.192. The predicted octanol–water partition coefficient (Wildman–Crippen LogP) is 4.76. The van der Waals surface area contributed by atoms with Crippen LogP contribution >= 0.6 is 23.1 Å². The molecule has 3 heterocycles.